The summed E-state index contributed by atoms with van der Waals surface area (Å²) in [4.78, 5) is 5.52. The Labute approximate surface area is 186 Å². The van der Waals surface area contributed by atoms with Crippen LogP contribution in [0.15, 0.2) is 35.8 Å². The molecule has 1 spiro atoms. The highest BCUT2D eigenvalue weighted by atomic mass is 35.5. The molecule has 0 radical (unpaired) electrons. The average molecular weight is 459 g/mol. The summed E-state index contributed by atoms with van der Waals surface area (Å²) in [5, 5.41) is 5.22. The van der Waals surface area contributed by atoms with Gasteiger partial charge in [0.05, 0.1) is 10.5 Å². The maximum atomic E-state index is 12.5. The molecule has 0 bridgehead atoms. The van der Waals surface area contributed by atoms with E-state index in [4.69, 9.17) is 9.72 Å². The number of pyridine rings is 1. The molecule has 0 amide bonds. The number of aromatic nitrogens is 1. The highest BCUT2D eigenvalue weighted by Gasteiger charge is 2.48. The van der Waals surface area contributed by atoms with Gasteiger partial charge in [-0.3, -0.25) is 4.98 Å². The van der Waals surface area contributed by atoms with E-state index < -0.39 is 6.61 Å². The summed E-state index contributed by atoms with van der Waals surface area (Å²) in [5.41, 5.74) is 1.14. The van der Waals surface area contributed by atoms with Crippen LogP contribution in [0.4, 0.5) is 8.78 Å². The van der Waals surface area contributed by atoms with E-state index in [0.717, 1.165) is 55.8 Å². The summed E-state index contributed by atoms with van der Waals surface area (Å²) in [7, 11) is 0. The molecule has 1 aliphatic carbocycles. The van der Waals surface area contributed by atoms with Crippen LogP contribution in [0.2, 0.25) is 0 Å². The Morgan fingerprint density at radius 1 is 1.20 bits per heavy atom. The van der Waals surface area contributed by atoms with E-state index in [1.807, 2.05) is 12.3 Å². The average Bonchev–Trinajstić information content (AvgIpc) is 3.35. The Hall–Kier alpha value is -1.28. The summed E-state index contributed by atoms with van der Waals surface area (Å²) in [5.74, 6) is 0.271. The molecule has 0 unspecified atom stereocenters. The normalized spacial score (nSPS) is 22.9. The van der Waals surface area contributed by atoms with Crippen molar-refractivity contribution in [2.24, 2.45) is 0 Å². The van der Waals surface area contributed by atoms with Crippen molar-refractivity contribution >= 4 is 23.7 Å². The van der Waals surface area contributed by atoms with Crippen LogP contribution in [-0.2, 0) is 16.7 Å². The number of nitrogens with zero attached hydrogens (tertiary/aromatic N) is 1. The first kappa shape index (κ1) is 23.4. The van der Waals surface area contributed by atoms with E-state index in [0.29, 0.717) is 6.54 Å². The lowest BCUT2D eigenvalue weighted by atomic mass is 9.68. The molecule has 8 heteroatoms. The topological polar surface area (TPSA) is 43.4 Å². The smallest absolute Gasteiger partial charge is 0.387 e. The number of hydrogen-bond donors (Lipinski definition) is 1. The number of rotatable bonds is 8. The summed E-state index contributed by atoms with van der Waals surface area (Å²) in [6.07, 6.45) is 9.55. The molecule has 1 atom stereocenters. The second-order valence-electron chi connectivity index (χ2n) is 8.17. The fraction of sp³-hybridized carbons (Fsp3) is 0.591. The van der Waals surface area contributed by atoms with Gasteiger partial charge in [-0.2, -0.15) is 8.78 Å². The molecule has 0 aromatic carbocycles. The summed E-state index contributed by atoms with van der Waals surface area (Å²) in [6.45, 7) is -0.702. The van der Waals surface area contributed by atoms with Gasteiger partial charge in [-0.1, -0.05) is 18.9 Å². The third-order valence-corrected chi connectivity index (χ3v) is 7.26. The quantitative estimate of drug-likeness (QED) is 0.515. The van der Waals surface area contributed by atoms with E-state index in [-0.39, 0.29) is 29.2 Å². The molecule has 2 aromatic heterocycles. The highest BCUT2D eigenvalue weighted by Crippen LogP contribution is 2.49. The zero-order valence-electron chi connectivity index (χ0n) is 16.9. The lowest BCUT2D eigenvalue weighted by Crippen LogP contribution is -2.47. The lowest BCUT2D eigenvalue weighted by molar-refractivity contribution is -0.104. The van der Waals surface area contributed by atoms with Crippen LogP contribution in [-0.4, -0.2) is 30.3 Å². The van der Waals surface area contributed by atoms with Gasteiger partial charge in [-0.15, -0.1) is 23.7 Å². The molecule has 4 nitrogen and oxygen atoms in total. The van der Waals surface area contributed by atoms with E-state index in [1.165, 1.54) is 24.2 Å². The Kier molecular flexibility index (Phi) is 8.07. The van der Waals surface area contributed by atoms with Crippen molar-refractivity contribution in [2.45, 2.75) is 69.1 Å². The summed E-state index contributed by atoms with van der Waals surface area (Å²) >= 11 is 1.44. The van der Waals surface area contributed by atoms with Gasteiger partial charge in [-0.05, 0) is 62.2 Å². The van der Waals surface area contributed by atoms with Crippen LogP contribution >= 0.6 is 23.7 Å². The van der Waals surface area contributed by atoms with Crippen molar-refractivity contribution in [2.75, 3.05) is 13.2 Å². The van der Waals surface area contributed by atoms with Crippen LogP contribution in [0.3, 0.4) is 0 Å². The maximum Gasteiger partial charge on any atom is 0.387 e. The van der Waals surface area contributed by atoms with E-state index in [9.17, 15) is 8.78 Å². The van der Waals surface area contributed by atoms with Crippen molar-refractivity contribution < 1.29 is 18.3 Å². The predicted octanol–water partition coefficient (Wildman–Crippen LogP) is 5.71. The maximum absolute atomic E-state index is 12.5. The van der Waals surface area contributed by atoms with Gasteiger partial charge in [-0.25, -0.2) is 0 Å². The van der Waals surface area contributed by atoms with Gasteiger partial charge >= 0.3 is 6.61 Å². The largest absolute Gasteiger partial charge is 0.434 e. The predicted molar refractivity (Wildman–Crippen MR) is 117 cm³/mol. The second-order valence-corrected chi connectivity index (χ2v) is 9.17. The fourth-order valence-electron chi connectivity index (χ4n) is 4.98. The van der Waals surface area contributed by atoms with Gasteiger partial charge in [0.1, 0.15) is 5.75 Å². The zero-order chi connectivity index (χ0) is 20.2. The first-order valence-corrected chi connectivity index (χ1v) is 11.3. The van der Waals surface area contributed by atoms with Crippen LogP contribution < -0.4 is 10.1 Å². The van der Waals surface area contributed by atoms with E-state index in [2.05, 4.69) is 22.2 Å². The minimum absolute atomic E-state index is 0. The van der Waals surface area contributed by atoms with Gasteiger partial charge in [0.2, 0.25) is 0 Å². The van der Waals surface area contributed by atoms with Crippen LogP contribution in [0.1, 0.15) is 55.5 Å². The van der Waals surface area contributed by atoms with Crippen molar-refractivity contribution in [1.82, 2.24) is 10.3 Å². The fourth-order valence-corrected chi connectivity index (χ4v) is 5.76. The number of halogens is 3. The molecule has 166 valence electrons. The van der Waals surface area contributed by atoms with Crippen LogP contribution in [0.5, 0.6) is 5.75 Å². The van der Waals surface area contributed by atoms with Crippen LogP contribution in [0.25, 0.3) is 0 Å². The Bertz CT molecular complexity index is 786. The molecule has 2 fully saturated rings. The summed E-state index contributed by atoms with van der Waals surface area (Å²) < 4.78 is 36.0. The molecule has 3 heterocycles. The van der Waals surface area contributed by atoms with Gasteiger partial charge in [0.15, 0.2) is 0 Å². The first-order valence-electron chi connectivity index (χ1n) is 10.4. The van der Waals surface area contributed by atoms with Crippen molar-refractivity contribution in [3.63, 3.8) is 0 Å². The molecular weight excluding hydrogens is 430 g/mol. The molecule has 1 N–H and O–H groups in total. The number of thiophene rings is 1. The molecule has 1 saturated heterocycles. The highest BCUT2D eigenvalue weighted by molar-refractivity contribution is 7.10. The molecule has 2 aliphatic rings. The first-order chi connectivity index (χ1) is 14.1. The van der Waals surface area contributed by atoms with Crippen molar-refractivity contribution in [1.29, 1.82) is 0 Å². The number of hydrogen-bond acceptors (Lipinski definition) is 5. The Morgan fingerprint density at radius 2 is 2.03 bits per heavy atom. The second kappa shape index (κ2) is 10.4. The number of ether oxygens (including phenoxy) is 2. The number of nitrogens with one attached hydrogen (secondary N) is 1. The molecular formula is C22H29ClF2N2O2S. The summed E-state index contributed by atoms with van der Waals surface area (Å²) in [6, 6.07) is 7.77. The van der Waals surface area contributed by atoms with E-state index in [1.54, 1.807) is 11.4 Å². The third-order valence-electron chi connectivity index (χ3n) is 6.36. The zero-order valence-corrected chi connectivity index (χ0v) is 18.6. The van der Waals surface area contributed by atoms with Crippen molar-refractivity contribution in [3.8, 4) is 5.75 Å². The van der Waals surface area contributed by atoms with Gasteiger partial charge in [0.25, 0.3) is 0 Å². The molecule has 30 heavy (non-hydrogen) atoms. The SMILES string of the molecule is Cl.FC(F)Oc1ccsc1CNCC[C@@]1(c2ccccn2)CCOC2(CCCC2)C1. The minimum Gasteiger partial charge on any atom is -0.434 e. The molecule has 4 rings (SSSR count). The molecule has 1 aliphatic heterocycles. The number of alkyl halides is 2. The van der Waals surface area contributed by atoms with Gasteiger partial charge in [0, 0.05) is 30.5 Å². The van der Waals surface area contributed by atoms with Gasteiger partial charge < -0.3 is 14.8 Å². The monoisotopic (exact) mass is 458 g/mol. The lowest BCUT2D eigenvalue weighted by Gasteiger charge is -2.46. The minimum atomic E-state index is -2.79. The molecule has 2 aromatic rings. The Morgan fingerprint density at radius 3 is 2.77 bits per heavy atom. The third kappa shape index (κ3) is 5.31. The Balaban J connectivity index is 0.00000256. The van der Waals surface area contributed by atoms with E-state index >= 15 is 0 Å². The van der Waals surface area contributed by atoms with Crippen molar-refractivity contribution in [3.05, 3.63) is 46.4 Å². The molecule has 1 saturated carbocycles. The van der Waals surface area contributed by atoms with Crippen LogP contribution in [0, 0.1) is 0 Å². The standard InChI is InChI=1S/C22H28F2N2O2S.ClH/c23-20(24)28-17-6-14-29-18(17)15-25-12-9-21(19-5-1-4-11-26-19)10-13-27-22(16-21)7-2-3-8-22;/h1,4-6,11,14,20,25H,2-3,7-10,12-13,15-16H2;1H/t21-;/m1./s1.